The number of halogens is 1. The van der Waals surface area contributed by atoms with Crippen LogP contribution in [0.3, 0.4) is 0 Å². The number of nitrogens with one attached hydrogen (secondary N) is 1. The van der Waals surface area contributed by atoms with Gasteiger partial charge in [-0.05, 0) is 30.3 Å². The van der Waals surface area contributed by atoms with Crippen LogP contribution < -0.4 is 0 Å². The fraction of sp³-hybridized carbons (Fsp3) is 0. The summed E-state index contributed by atoms with van der Waals surface area (Å²) in [4.78, 5) is 7.45. The van der Waals surface area contributed by atoms with E-state index in [4.69, 9.17) is 0 Å². The standard InChI is InChI=1S/C13H9BrN2O2/c14-7-1-4-12(18)9(5-7)13-15-10-3-2-8(17)6-11(10)16-13/h1-6,17-18H,(H,15,16). The predicted molar refractivity (Wildman–Crippen MR) is 72.6 cm³/mol. The first-order valence-corrected chi connectivity index (χ1v) is 6.10. The van der Waals surface area contributed by atoms with Crippen molar-refractivity contribution in [2.75, 3.05) is 0 Å². The zero-order valence-electron chi connectivity index (χ0n) is 9.18. The smallest absolute Gasteiger partial charge is 0.142 e. The van der Waals surface area contributed by atoms with Crippen LogP contribution in [0.15, 0.2) is 40.9 Å². The third kappa shape index (κ3) is 1.82. The zero-order chi connectivity index (χ0) is 12.7. The van der Waals surface area contributed by atoms with Crippen molar-refractivity contribution in [3.63, 3.8) is 0 Å². The van der Waals surface area contributed by atoms with Crippen molar-refractivity contribution in [3.8, 4) is 22.9 Å². The molecule has 0 aliphatic rings. The Hall–Kier alpha value is -2.01. The number of aromatic hydroxyl groups is 2. The van der Waals surface area contributed by atoms with E-state index in [1.807, 2.05) is 0 Å². The largest absolute Gasteiger partial charge is 0.508 e. The lowest BCUT2D eigenvalue weighted by atomic mass is 10.2. The lowest BCUT2D eigenvalue weighted by molar-refractivity contribution is 0.476. The molecule has 1 heterocycles. The minimum absolute atomic E-state index is 0.154. The Balaban J connectivity index is 2.22. The number of benzene rings is 2. The summed E-state index contributed by atoms with van der Waals surface area (Å²) < 4.78 is 0.860. The maximum absolute atomic E-state index is 9.84. The van der Waals surface area contributed by atoms with Crippen molar-refractivity contribution < 1.29 is 10.2 Å². The van der Waals surface area contributed by atoms with Crippen molar-refractivity contribution >= 4 is 27.0 Å². The summed E-state index contributed by atoms with van der Waals surface area (Å²) >= 11 is 3.36. The molecule has 0 radical (unpaired) electrons. The minimum atomic E-state index is 0.154. The van der Waals surface area contributed by atoms with Gasteiger partial charge in [-0.1, -0.05) is 15.9 Å². The van der Waals surface area contributed by atoms with Gasteiger partial charge in [-0.15, -0.1) is 0 Å². The van der Waals surface area contributed by atoms with Crippen LogP contribution >= 0.6 is 15.9 Å². The maximum Gasteiger partial charge on any atom is 0.142 e. The minimum Gasteiger partial charge on any atom is -0.508 e. The quantitative estimate of drug-likeness (QED) is 0.645. The molecule has 3 aromatic rings. The Morgan fingerprint density at radius 1 is 1.06 bits per heavy atom. The highest BCUT2D eigenvalue weighted by Crippen LogP contribution is 2.31. The van der Waals surface area contributed by atoms with Crippen LogP contribution in [0, 0.1) is 0 Å². The fourth-order valence-corrected chi connectivity index (χ4v) is 2.18. The van der Waals surface area contributed by atoms with Gasteiger partial charge >= 0.3 is 0 Å². The molecular weight excluding hydrogens is 296 g/mol. The van der Waals surface area contributed by atoms with Crippen LogP contribution in [0.2, 0.25) is 0 Å². The molecule has 0 unspecified atom stereocenters. The summed E-state index contributed by atoms with van der Waals surface area (Å²) in [6.45, 7) is 0. The second kappa shape index (κ2) is 4.03. The Morgan fingerprint density at radius 3 is 2.72 bits per heavy atom. The molecule has 4 nitrogen and oxygen atoms in total. The van der Waals surface area contributed by atoms with Crippen LogP contribution in [0.1, 0.15) is 0 Å². The number of aromatic amines is 1. The van der Waals surface area contributed by atoms with E-state index in [9.17, 15) is 10.2 Å². The Labute approximate surface area is 111 Å². The number of nitrogens with zero attached hydrogens (tertiary/aromatic N) is 1. The molecule has 3 N–H and O–H groups in total. The van der Waals surface area contributed by atoms with E-state index in [0.717, 1.165) is 15.5 Å². The average molecular weight is 305 g/mol. The second-order valence-corrected chi connectivity index (χ2v) is 4.86. The van der Waals surface area contributed by atoms with Gasteiger partial charge in [0.25, 0.3) is 0 Å². The lowest BCUT2D eigenvalue weighted by Gasteiger charge is -2.01. The Bertz CT molecular complexity index is 737. The van der Waals surface area contributed by atoms with E-state index in [2.05, 4.69) is 25.9 Å². The summed E-state index contributed by atoms with van der Waals surface area (Å²) in [5.74, 6) is 0.895. The number of rotatable bonds is 1. The number of phenols is 2. The molecule has 5 heteroatoms. The van der Waals surface area contributed by atoms with E-state index in [-0.39, 0.29) is 11.5 Å². The predicted octanol–water partition coefficient (Wildman–Crippen LogP) is 3.40. The van der Waals surface area contributed by atoms with Crippen LogP contribution in [0.5, 0.6) is 11.5 Å². The molecule has 0 saturated heterocycles. The fourth-order valence-electron chi connectivity index (χ4n) is 1.82. The van der Waals surface area contributed by atoms with E-state index < -0.39 is 0 Å². The number of fused-ring (bicyclic) bond motifs is 1. The van der Waals surface area contributed by atoms with Crippen LogP contribution in [-0.2, 0) is 0 Å². The van der Waals surface area contributed by atoms with Crippen molar-refractivity contribution in [2.45, 2.75) is 0 Å². The van der Waals surface area contributed by atoms with Gasteiger partial charge in [-0.2, -0.15) is 0 Å². The van der Waals surface area contributed by atoms with E-state index in [1.54, 1.807) is 36.4 Å². The Kier molecular flexibility index (Phi) is 2.48. The van der Waals surface area contributed by atoms with Gasteiger partial charge < -0.3 is 15.2 Å². The highest BCUT2D eigenvalue weighted by Gasteiger charge is 2.10. The van der Waals surface area contributed by atoms with Gasteiger partial charge in [-0.25, -0.2) is 4.98 Å². The van der Waals surface area contributed by atoms with Crippen molar-refractivity contribution in [1.82, 2.24) is 9.97 Å². The summed E-state index contributed by atoms with van der Waals surface area (Å²) in [5, 5.41) is 19.2. The molecule has 0 amide bonds. The molecule has 0 aliphatic carbocycles. The maximum atomic E-state index is 9.84. The number of phenolic OH excluding ortho intramolecular Hbond substituents is 2. The lowest BCUT2D eigenvalue weighted by Crippen LogP contribution is -1.81. The molecule has 0 spiro atoms. The zero-order valence-corrected chi connectivity index (χ0v) is 10.8. The number of aromatic nitrogens is 2. The van der Waals surface area contributed by atoms with Crippen molar-refractivity contribution in [3.05, 3.63) is 40.9 Å². The third-order valence-electron chi connectivity index (χ3n) is 2.68. The van der Waals surface area contributed by atoms with Gasteiger partial charge in [0.2, 0.25) is 0 Å². The molecule has 0 saturated carbocycles. The second-order valence-electron chi connectivity index (χ2n) is 3.95. The number of hydrogen-bond acceptors (Lipinski definition) is 3. The summed E-state index contributed by atoms with van der Waals surface area (Å²) in [7, 11) is 0. The summed E-state index contributed by atoms with van der Waals surface area (Å²) in [6.07, 6.45) is 0. The van der Waals surface area contributed by atoms with Crippen LogP contribution in [-0.4, -0.2) is 20.2 Å². The van der Waals surface area contributed by atoms with Crippen LogP contribution in [0.25, 0.3) is 22.4 Å². The summed E-state index contributed by atoms with van der Waals surface area (Å²) in [5.41, 5.74) is 2.08. The first-order valence-electron chi connectivity index (χ1n) is 5.31. The molecule has 0 aliphatic heterocycles. The molecular formula is C13H9BrN2O2. The molecule has 18 heavy (non-hydrogen) atoms. The topological polar surface area (TPSA) is 69.1 Å². The van der Waals surface area contributed by atoms with Gasteiger partial charge in [0, 0.05) is 10.5 Å². The van der Waals surface area contributed by atoms with Gasteiger partial charge in [0.05, 0.1) is 16.6 Å². The molecule has 0 fully saturated rings. The molecule has 0 atom stereocenters. The first kappa shape index (κ1) is 11.1. The molecule has 90 valence electrons. The number of imidazole rings is 1. The summed E-state index contributed by atoms with van der Waals surface area (Å²) in [6, 6.07) is 10.0. The van der Waals surface area contributed by atoms with Crippen molar-refractivity contribution in [1.29, 1.82) is 0 Å². The molecule has 2 aromatic carbocycles. The highest BCUT2D eigenvalue weighted by molar-refractivity contribution is 9.10. The highest BCUT2D eigenvalue weighted by atomic mass is 79.9. The Morgan fingerprint density at radius 2 is 1.89 bits per heavy atom. The van der Waals surface area contributed by atoms with Gasteiger partial charge in [0.1, 0.15) is 17.3 Å². The number of hydrogen-bond donors (Lipinski definition) is 3. The van der Waals surface area contributed by atoms with E-state index >= 15 is 0 Å². The van der Waals surface area contributed by atoms with Gasteiger partial charge in [0.15, 0.2) is 0 Å². The normalized spacial score (nSPS) is 10.9. The molecule has 1 aromatic heterocycles. The van der Waals surface area contributed by atoms with Crippen LogP contribution in [0.4, 0.5) is 0 Å². The first-order chi connectivity index (χ1) is 8.63. The molecule has 3 rings (SSSR count). The molecule has 0 bridgehead atoms. The monoisotopic (exact) mass is 304 g/mol. The SMILES string of the molecule is Oc1ccc2nc(-c3cc(Br)ccc3O)[nH]c2c1. The third-order valence-corrected chi connectivity index (χ3v) is 3.17. The number of H-pyrrole nitrogens is 1. The van der Waals surface area contributed by atoms with Crippen molar-refractivity contribution in [2.24, 2.45) is 0 Å². The van der Waals surface area contributed by atoms with E-state index in [1.165, 1.54) is 0 Å². The van der Waals surface area contributed by atoms with Gasteiger partial charge in [-0.3, -0.25) is 0 Å². The van der Waals surface area contributed by atoms with E-state index in [0.29, 0.717) is 11.4 Å². The average Bonchev–Trinajstić information content (AvgIpc) is 2.74.